The van der Waals surface area contributed by atoms with Crippen molar-refractivity contribution < 1.29 is 0 Å². The van der Waals surface area contributed by atoms with E-state index >= 15 is 0 Å². The van der Waals surface area contributed by atoms with Gasteiger partial charge in [-0.15, -0.1) is 0 Å². The van der Waals surface area contributed by atoms with Gasteiger partial charge in [0.05, 0.1) is 0 Å². The summed E-state index contributed by atoms with van der Waals surface area (Å²) in [5.41, 5.74) is 7.40. The molecular weight excluding hydrogens is 453 g/mol. The predicted octanol–water partition coefficient (Wildman–Crippen LogP) is 4.63. The van der Waals surface area contributed by atoms with Gasteiger partial charge in [0.2, 0.25) is 0 Å². The molecule has 1 aromatic carbocycles. The van der Waals surface area contributed by atoms with Gasteiger partial charge in [0.15, 0.2) is 22.1 Å². The third-order valence-corrected chi connectivity index (χ3v) is 6.24. The lowest BCUT2D eigenvalue weighted by Crippen LogP contribution is -2.18. The van der Waals surface area contributed by atoms with Gasteiger partial charge in [-0.1, -0.05) is 47.8 Å². The monoisotopic (exact) mass is 481 g/mol. The van der Waals surface area contributed by atoms with Crippen molar-refractivity contribution in [3.8, 4) is 0 Å². The van der Waals surface area contributed by atoms with Crippen LogP contribution in [0.2, 0.25) is 10.0 Å². The standard InChI is InChI=1S/C21H29Cl2N7S/c1-25-7-4-2-3-5-8-26-9-6-10-30-20-18(19(24)27-14-28-20)29-21(30)31-17-12-15(22)11-16(23)13-17/h11-14,25-26H,2-10H2,1H3,(H2,24,27,28). The Morgan fingerprint density at radius 2 is 1.68 bits per heavy atom. The number of aryl methyl sites for hydroxylation is 1. The summed E-state index contributed by atoms with van der Waals surface area (Å²) in [5, 5.41) is 8.70. The summed E-state index contributed by atoms with van der Waals surface area (Å²) in [5.74, 6) is 0.381. The quantitative estimate of drug-likeness (QED) is 0.306. The molecule has 7 nitrogen and oxygen atoms in total. The largest absolute Gasteiger partial charge is 0.382 e. The molecule has 3 rings (SSSR count). The molecule has 3 aromatic rings. The van der Waals surface area contributed by atoms with Crippen LogP contribution in [0.5, 0.6) is 0 Å². The third-order valence-electron chi connectivity index (χ3n) is 4.84. The van der Waals surface area contributed by atoms with Crippen LogP contribution in [0, 0.1) is 0 Å². The van der Waals surface area contributed by atoms with Crippen molar-refractivity contribution in [3.05, 3.63) is 34.6 Å². The average molecular weight is 482 g/mol. The van der Waals surface area contributed by atoms with Crippen molar-refractivity contribution in [2.45, 2.75) is 48.7 Å². The van der Waals surface area contributed by atoms with Crippen LogP contribution >= 0.6 is 35.0 Å². The highest BCUT2D eigenvalue weighted by molar-refractivity contribution is 7.99. The summed E-state index contributed by atoms with van der Waals surface area (Å²) in [4.78, 5) is 14.1. The van der Waals surface area contributed by atoms with Gasteiger partial charge >= 0.3 is 0 Å². The highest BCUT2D eigenvalue weighted by Crippen LogP contribution is 2.34. The summed E-state index contributed by atoms with van der Waals surface area (Å²) in [6.45, 7) is 3.85. The first-order valence-electron chi connectivity index (χ1n) is 10.5. The van der Waals surface area contributed by atoms with Crippen molar-refractivity contribution in [1.29, 1.82) is 0 Å². The van der Waals surface area contributed by atoms with Crippen LogP contribution in [0.15, 0.2) is 34.6 Å². The number of nitrogens with two attached hydrogens (primary N) is 1. The lowest BCUT2D eigenvalue weighted by molar-refractivity contribution is 0.537. The Hall–Kier alpha value is -1.58. The highest BCUT2D eigenvalue weighted by Gasteiger charge is 2.16. The van der Waals surface area contributed by atoms with E-state index in [0.29, 0.717) is 21.4 Å². The van der Waals surface area contributed by atoms with Crippen molar-refractivity contribution in [1.82, 2.24) is 30.2 Å². The molecule has 0 unspecified atom stereocenters. The number of benzene rings is 1. The fourth-order valence-corrected chi connectivity index (χ4v) is 4.96. The van der Waals surface area contributed by atoms with E-state index in [9.17, 15) is 0 Å². The number of nitrogens with one attached hydrogen (secondary N) is 2. The number of hydrogen-bond acceptors (Lipinski definition) is 7. The van der Waals surface area contributed by atoms with Crippen molar-refractivity contribution in [2.75, 3.05) is 32.4 Å². The topological polar surface area (TPSA) is 93.7 Å². The fourth-order valence-electron chi connectivity index (χ4n) is 3.30. The molecule has 0 aliphatic carbocycles. The predicted molar refractivity (Wildman–Crippen MR) is 130 cm³/mol. The maximum atomic E-state index is 6.16. The van der Waals surface area contributed by atoms with Gasteiger partial charge in [-0.2, -0.15) is 0 Å². The van der Waals surface area contributed by atoms with E-state index in [1.165, 1.54) is 43.8 Å². The molecule has 4 N–H and O–H groups in total. The van der Waals surface area contributed by atoms with E-state index in [2.05, 4.69) is 25.2 Å². The van der Waals surface area contributed by atoms with E-state index in [4.69, 9.17) is 33.9 Å². The molecule has 0 atom stereocenters. The van der Waals surface area contributed by atoms with E-state index < -0.39 is 0 Å². The first kappa shape index (κ1) is 24.1. The Morgan fingerprint density at radius 1 is 0.968 bits per heavy atom. The number of unbranched alkanes of at least 4 members (excludes halogenated alkanes) is 3. The smallest absolute Gasteiger partial charge is 0.175 e. The number of aromatic nitrogens is 4. The SMILES string of the molecule is CNCCCCCCNCCCn1c(Sc2cc(Cl)cc(Cl)c2)nc2c(N)ncnc21. The third kappa shape index (κ3) is 7.22. The number of hydrogen-bond donors (Lipinski definition) is 3. The van der Waals surface area contributed by atoms with E-state index in [1.54, 1.807) is 6.07 Å². The molecule has 0 aliphatic rings. The molecule has 0 amide bonds. The van der Waals surface area contributed by atoms with Crippen molar-refractivity contribution in [2.24, 2.45) is 0 Å². The van der Waals surface area contributed by atoms with Gasteiger partial charge in [-0.25, -0.2) is 15.0 Å². The average Bonchev–Trinajstić information content (AvgIpc) is 3.07. The van der Waals surface area contributed by atoms with Crippen molar-refractivity contribution >= 4 is 51.9 Å². The molecule has 0 radical (unpaired) electrons. The maximum Gasteiger partial charge on any atom is 0.175 e. The Balaban J connectivity index is 1.60. The number of nitrogen functional groups attached to an aromatic ring is 1. The molecule has 2 heterocycles. The lowest BCUT2D eigenvalue weighted by atomic mass is 10.2. The second-order valence-electron chi connectivity index (χ2n) is 7.31. The van der Waals surface area contributed by atoms with Crippen LogP contribution in [0.25, 0.3) is 11.2 Å². The first-order valence-corrected chi connectivity index (χ1v) is 12.1. The number of nitrogens with zero attached hydrogens (tertiary/aromatic N) is 4. The van der Waals surface area contributed by atoms with Gasteiger partial charge in [-0.05, 0) is 64.1 Å². The van der Waals surface area contributed by atoms with Gasteiger partial charge in [0, 0.05) is 21.5 Å². The number of rotatable bonds is 13. The lowest BCUT2D eigenvalue weighted by Gasteiger charge is -2.10. The zero-order valence-electron chi connectivity index (χ0n) is 17.7. The van der Waals surface area contributed by atoms with Crippen LogP contribution in [-0.2, 0) is 6.54 Å². The minimum Gasteiger partial charge on any atom is -0.382 e. The Labute approximate surface area is 197 Å². The fraction of sp³-hybridized carbons (Fsp3) is 0.476. The summed E-state index contributed by atoms with van der Waals surface area (Å²) in [6.07, 6.45) is 7.43. The second-order valence-corrected chi connectivity index (χ2v) is 9.22. The summed E-state index contributed by atoms with van der Waals surface area (Å²) in [7, 11) is 2.00. The molecule has 0 fully saturated rings. The molecule has 2 aromatic heterocycles. The normalized spacial score (nSPS) is 11.5. The van der Waals surface area contributed by atoms with E-state index in [-0.39, 0.29) is 0 Å². The molecule has 10 heteroatoms. The number of halogens is 2. The minimum absolute atomic E-state index is 0.381. The van der Waals surface area contributed by atoms with Crippen LogP contribution in [0.3, 0.4) is 0 Å². The molecule has 0 saturated heterocycles. The Kier molecular flexibility index (Phi) is 9.67. The zero-order valence-corrected chi connectivity index (χ0v) is 20.0. The van der Waals surface area contributed by atoms with E-state index in [0.717, 1.165) is 48.3 Å². The molecule has 31 heavy (non-hydrogen) atoms. The molecule has 0 aliphatic heterocycles. The van der Waals surface area contributed by atoms with E-state index in [1.807, 2.05) is 19.2 Å². The molecule has 0 spiro atoms. The van der Waals surface area contributed by atoms with Crippen LogP contribution in [-0.4, -0.2) is 46.2 Å². The Morgan fingerprint density at radius 3 is 2.42 bits per heavy atom. The second kappa shape index (κ2) is 12.5. The number of anilines is 1. The molecule has 168 valence electrons. The maximum absolute atomic E-state index is 6.16. The van der Waals surface area contributed by atoms with Crippen LogP contribution in [0.4, 0.5) is 5.82 Å². The summed E-state index contributed by atoms with van der Waals surface area (Å²) < 4.78 is 2.09. The highest BCUT2D eigenvalue weighted by atomic mass is 35.5. The zero-order chi connectivity index (χ0) is 22.1. The van der Waals surface area contributed by atoms with Gasteiger partial charge < -0.3 is 20.9 Å². The molecular formula is C21H29Cl2N7S. The van der Waals surface area contributed by atoms with Gasteiger partial charge in [0.25, 0.3) is 0 Å². The molecule has 0 bridgehead atoms. The van der Waals surface area contributed by atoms with Crippen molar-refractivity contribution in [3.63, 3.8) is 0 Å². The van der Waals surface area contributed by atoms with Gasteiger partial charge in [-0.3, -0.25) is 0 Å². The van der Waals surface area contributed by atoms with Crippen LogP contribution < -0.4 is 16.4 Å². The number of imidazole rings is 1. The number of fused-ring (bicyclic) bond motifs is 1. The molecule has 0 saturated carbocycles. The van der Waals surface area contributed by atoms with Crippen LogP contribution in [0.1, 0.15) is 32.1 Å². The van der Waals surface area contributed by atoms with Gasteiger partial charge in [0.1, 0.15) is 6.33 Å². The summed E-state index contributed by atoms with van der Waals surface area (Å²) in [6, 6.07) is 5.45. The summed E-state index contributed by atoms with van der Waals surface area (Å²) >= 11 is 13.8. The Bertz CT molecular complexity index is 960. The first-order chi connectivity index (χ1) is 15.1. The minimum atomic E-state index is 0.381.